The van der Waals surface area contributed by atoms with E-state index in [0.29, 0.717) is 11.4 Å². The summed E-state index contributed by atoms with van der Waals surface area (Å²) in [5.74, 6) is -0.544. The van der Waals surface area contributed by atoms with Crippen LogP contribution < -0.4 is 5.32 Å². The van der Waals surface area contributed by atoms with Gasteiger partial charge < -0.3 is 15.2 Å². The van der Waals surface area contributed by atoms with Crippen molar-refractivity contribution in [2.45, 2.75) is 25.3 Å². The molecule has 1 aliphatic rings. The number of hydrogen-bond acceptors (Lipinski definition) is 5. The van der Waals surface area contributed by atoms with Crippen LogP contribution in [0.3, 0.4) is 0 Å². The van der Waals surface area contributed by atoms with Gasteiger partial charge in [-0.1, -0.05) is 48.5 Å². The number of amides is 1. The first-order chi connectivity index (χ1) is 14.5. The zero-order chi connectivity index (χ0) is 21.1. The highest BCUT2D eigenvalue weighted by atomic mass is 16.5. The molecule has 0 saturated heterocycles. The highest BCUT2D eigenvalue weighted by Gasteiger charge is 2.29. The maximum absolute atomic E-state index is 12.5. The van der Waals surface area contributed by atoms with Gasteiger partial charge >= 0.3 is 12.1 Å². The molecule has 2 N–H and O–H groups in total. The molecule has 0 unspecified atom stereocenters. The minimum absolute atomic E-state index is 0.0659. The van der Waals surface area contributed by atoms with Gasteiger partial charge in [0.25, 0.3) is 0 Å². The van der Waals surface area contributed by atoms with E-state index < -0.39 is 18.1 Å². The number of aliphatic carboxylic acids is 1. The summed E-state index contributed by atoms with van der Waals surface area (Å²) in [5, 5.41) is 11.8. The number of carboxylic acid groups (broad SMARTS) is 1. The number of carboxylic acids is 1. The number of alkyl carbamates (subject to hydrolysis) is 1. The van der Waals surface area contributed by atoms with E-state index in [1.54, 1.807) is 6.92 Å². The normalized spacial score (nSPS) is 13.2. The summed E-state index contributed by atoms with van der Waals surface area (Å²) in [6, 6.07) is 15.4. The summed E-state index contributed by atoms with van der Waals surface area (Å²) in [7, 11) is 0. The molecular weight excluding hydrogens is 382 g/mol. The Balaban J connectivity index is 1.47. The van der Waals surface area contributed by atoms with Gasteiger partial charge in [-0.3, -0.25) is 4.79 Å². The van der Waals surface area contributed by atoms with Gasteiger partial charge in [0.1, 0.15) is 12.4 Å². The van der Waals surface area contributed by atoms with Crippen LogP contribution in [0.4, 0.5) is 4.79 Å². The predicted molar refractivity (Wildman–Crippen MR) is 110 cm³/mol. The Labute approximate surface area is 173 Å². The Hall–Kier alpha value is -3.74. The molecule has 0 spiro atoms. The monoisotopic (exact) mass is 403 g/mol. The van der Waals surface area contributed by atoms with Crippen LogP contribution >= 0.6 is 0 Å². The smallest absolute Gasteiger partial charge is 0.407 e. The number of carbonyl (C=O) groups is 2. The highest BCUT2D eigenvalue weighted by molar-refractivity contribution is 5.79. The van der Waals surface area contributed by atoms with Gasteiger partial charge in [0.15, 0.2) is 0 Å². The molecule has 2 aromatic carbocycles. The van der Waals surface area contributed by atoms with Crippen molar-refractivity contribution in [1.82, 2.24) is 15.3 Å². The third-order valence-electron chi connectivity index (χ3n) is 5.22. The summed E-state index contributed by atoms with van der Waals surface area (Å²) in [5.41, 5.74) is 5.02. The molecule has 7 heteroatoms. The molecule has 0 bridgehead atoms. The van der Waals surface area contributed by atoms with E-state index in [1.165, 1.54) is 12.4 Å². The maximum Gasteiger partial charge on any atom is 0.407 e. The van der Waals surface area contributed by atoms with Crippen LogP contribution in [0.15, 0.2) is 60.9 Å². The lowest BCUT2D eigenvalue weighted by molar-refractivity contribution is -0.137. The second-order valence-electron chi connectivity index (χ2n) is 7.18. The van der Waals surface area contributed by atoms with Crippen LogP contribution in [0.2, 0.25) is 0 Å². The molecule has 7 nitrogen and oxygen atoms in total. The topological polar surface area (TPSA) is 101 Å². The Morgan fingerprint density at radius 2 is 1.60 bits per heavy atom. The number of carbonyl (C=O) groups excluding carboxylic acids is 1. The number of benzene rings is 2. The standard InChI is InChI=1S/C23H21N3O4/c1-14-24-11-15(12-25-14)21(10-22(27)28)26-23(29)30-13-20-18-8-4-2-6-16(18)17-7-3-5-9-19(17)20/h2-9,11-12,20-21H,10,13H2,1H3,(H,26,29)(H,27,28)/t21-/m1/s1. The minimum Gasteiger partial charge on any atom is -0.481 e. The van der Waals surface area contributed by atoms with Gasteiger partial charge in [0, 0.05) is 23.9 Å². The molecule has 152 valence electrons. The van der Waals surface area contributed by atoms with Gasteiger partial charge in [-0.25, -0.2) is 14.8 Å². The molecule has 3 aromatic rings. The average molecular weight is 403 g/mol. The van der Waals surface area contributed by atoms with Crippen molar-refractivity contribution in [3.8, 4) is 11.1 Å². The third kappa shape index (κ3) is 4.00. The third-order valence-corrected chi connectivity index (χ3v) is 5.22. The number of aromatic nitrogens is 2. The van der Waals surface area contributed by atoms with Crippen LogP contribution in [0, 0.1) is 6.92 Å². The fourth-order valence-electron chi connectivity index (χ4n) is 3.79. The molecule has 0 aliphatic heterocycles. The molecule has 30 heavy (non-hydrogen) atoms. The molecule has 1 aliphatic carbocycles. The van der Waals surface area contributed by atoms with Gasteiger partial charge in [-0.2, -0.15) is 0 Å². The summed E-state index contributed by atoms with van der Waals surface area (Å²) in [6.45, 7) is 1.89. The lowest BCUT2D eigenvalue weighted by atomic mass is 9.98. The van der Waals surface area contributed by atoms with Crippen molar-refractivity contribution in [3.05, 3.63) is 83.4 Å². The fourth-order valence-corrected chi connectivity index (χ4v) is 3.79. The Morgan fingerprint density at radius 1 is 1.03 bits per heavy atom. The van der Waals surface area contributed by atoms with Gasteiger partial charge in [0.2, 0.25) is 0 Å². The molecule has 1 amide bonds. The predicted octanol–water partition coefficient (Wildman–Crippen LogP) is 3.84. The number of rotatable bonds is 6. The Bertz CT molecular complexity index is 1040. The molecule has 0 fully saturated rings. The summed E-state index contributed by atoms with van der Waals surface area (Å²) < 4.78 is 5.51. The van der Waals surface area contributed by atoms with E-state index in [-0.39, 0.29) is 18.9 Å². The van der Waals surface area contributed by atoms with E-state index in [0.717, 1.165) is 22.3 Å². The quantitative estimate of drug-likeness (QED) is 0.648. The molecule has 0 radical (unpaired) electrons. The average Bonchev–Trinajstić information content (AvgIpc) is 3.06. The van der Waals surface area contributed by atoms with Crippen molar-refractivity contribution in [3.63, 3.8) is 0 Å². The minimum atomic E-state index is -1.04. The first-order valence-electron chi connectivity index (χ1n) is 9.65. The molecule has 0 saturated carbocycles. The summed E-state index contributed by atoms with van der Waals surface area (Å²) >= 11 is 0. The van der Waals surface area contributed by atoms with Crippen molar-refractivity contribution in [2.24, 2.45) is 0 Å². The van der Waals surface area contributed by atoms with Gasteiger partial charge in [-0.15, -0.1) is 0 Å². The van der Waals surface area contributed by atoms with E-state index in [9.17, 15) is 14.7 Å². The van der Waals surface area contributed by atoms with E-state index >= 15 is 0 Å². The number of nitrogens with one attached hydrogen (secondary N) is 1. The maximum atomic E-state index is 12.5. The zero-order valence-electron chi connectivity index (χ0n) is 16.4. The van der Waals surface area contributed by atoms with Crippen LogP contribution in [-0.4, -0.2) is 33.7 Å². The van der Waals surface area contributed by atoms with Gasteiger partial charge in [0.05, 0.1) is 12.5 Å². The number of nitrogens with zero attached hydrogens (tertiary/aromatic N) is 2. The lowest BCUT2D eigenvalue weighted by Gasteiger charge is -2.19. The van der Waals surface area contributed by atoms with Crippen LogP contribution in [0.25, 0.3) is 11.1 Å². The first-order valence-corrected chi connectivity index (χ1v) is 9.65. The molecular formula is C23H21N3O4. The van der Waals surface area contributed by atoms with E-state index in [2.05, 4.69) is 27.4 Å². The Kier molecular flexibility index (Phi) is 5.43. The second-order valence-corrected chi connectivity index (χ2v) is 7.18. The summed E-state index contributed by atoms with van der Waals surface area (Å²) in [4.78, 5) is 31.9. The summed E-state index contributed by atoms with van der Waals surface area (Å²) in [6.07, 6.45) is 2.05. The fraction of sp³-hybridized carbons (Fsp3) is 0.217. The van der Waals surface area contributed by atoms with Crippen molar-refractivity contribution < 1.29 is 19.4 Å². The zero-order valence-corrected chi connectivity index (χ0v) is 16.4. The van der Waals surface area contributed by atoms with E-state index in [4.69, 9.17) is 4.74 Å². The number of ether oxygens (including phenoxy) is 1. The lowest BCUT2D eigenvalue weighted by Crippen LogP contribution is -2.32. The number of hydrogen-bond donors (Lipinski definition) is 2. The largest absolute Gasteiger partial charge is 0.481 e. The molecule has 1 atom stereocenters. The SMILES string of the molecule is Cc1ncc([C@@H](CC(=O)O)NC(=O)OCC2c3ccccc3-c3ccccc32)cn1. The first kappa shape index (κ1) is 19.6. The van der Waals surface area contributed by atoms with Gasteiger partial charge in [-0.05, 0) is 29.2 Å². The number of fused-ring (bicyclic) bond motifs is 3. The molecule has 4 rings (SSSR count). The Morgan fingerprint density at radius 3 is 2.17 bits per heavy atom. The highest BCUT2D eigenvalue weighted by Crippen LogP contribution is 2.44. The van der Waals surface area contributed by atoms with E-state index in [1.807, 2.05) is 36.4 Å². The van der Waals surface area contributed by atoms with Crippen LogP contribution in [-0.2, 0) is 9.53 Å². The van der Waals surface area contributed by atoms with Crippen molar-refractivity contribution >= 4 is 12.1 Å². The van der Waals surface area contributed by atoms with Crippen LogP contribution in [0.1, 0.15) is 40.9 Å². The van der Waals surface area contributed by atoms with Crippen molar-refractivity contribution in [1.29, 1.82) is 0 Å². The number of aryl methyl sites for hydroxylation is 1. The molecule has 1 aromatic heterocycles. The van der Waals surface area contributed by atoms with Crippen molar-refractivity contribution in [2.75, 3.05) is 6.61 Å². The second kappa shape index (κ2) is 8.32. The van der Waals surface area contributed by atoms with Crippen LogP contribution in [0.5, 0.6) is 0 Å². The molecule has 1 heterocycles.